The number of rotatable bonds is 4. The van der Waals surface area contributed by atoms with Gasteiger partial charge >= 0.3 is 0 Å². The molecular weight excluding hydrogens is 258 g/mol. The SMILES string of the molecule is CC(C)C1CCN(Cc2ccc(C#CCCO)cc2)CC1. The molecule has 0 spiro atoms. The van der Waals surface area contributed by atoms with E-state index in [9.17, 15) is 0 Å². The monoisotopic (exact) mass is 285 g/mol. The van der Waals surface area contributed by atoms with Crippen LogP contribution < -0.4 is 0 Å². The molecule has 1 heterocycles. The summed E-state index contributed by atoms with van der Waals surface area (Å²) in [7, 11) is 0. The summed E-state index contributed by atoms with van der Waals surface area (Å²) >= 11 is 0. The number of nitrogens with zero attached hydrogens (tertiary/aromatic N) is 1. The van der Waals surface area contributed by atoms with E-state index in [0.29, 0.717) is 6.42 Å². The fourth-order valence-corrected chi connectivity index (χ4v) is 2.95. The minimum absolute atomic E-state index is 0.136. The Balaban J connectivity index is 1.83. The van der Waals surface area contributed by atoms with Gasteiger partial charge in [-0.05, 0) is 55.5 Å². The molecule has 2 rings (SSSR count). The van der Waals surface area contributed by atoms with Crippen LogP contribution in [0.4, 0.5) is 0 Å². The standard InChI is InChI=1S/C19H27NO/c1-16(2)19-10-12-20(13-11-19)15-18-8-6-17(7-9-18)5-3-4-14-21/h6-9,16,19,21H,4,10-15H2,1-2H3. The Morgan fingerprint density at radius 2 is 1.86 bits per heavy atom. The predicted molar refractivity (Wildman–Crippen MR) is 87.9 cm³/mol. The van der Waals surface area contributed by atoms with Crippen molar-refractivity contribution < 1.29 is 5.11 Å². The maximum atomic E-state index is 8.72. The molecule has 1 aromatic carbocycles. The van der Waals surface area contributed by atoms with E-state index in [4.69, 9.17) is 5.11 Å². The summed E-state index contributed by atoms with van der Waals surface area (Å²) in [5, 5.41) is 8.72. The molecule has 1 aromatic rings. The van der Waals surface area contributed by atoms with Gasteiger partial charge in [-0.2, -0.15) is 0 Å². The highest BCUT2D eigenvalue weighted by molar-refractivity contribution is 5.36. The van der Waals surface area contributed by atoms with Gasteiger partial charge in [0.2, 0.25) is 0 Å². The maximum Gasteiger partial charge on any atom is 0.0540 e. The molecular formula is C19H27NO. The number of piperidine rings is 1. The zero-order chi connectivity index (χ0) is 15.1. The minimum atomic E-state index is 0.136. The smallest absolute Gasteiger partial charge is 0.0540 e. The molecule has 2 nitrogen and oxygen atoms in total. The van der Waals surface area contributed by atoms with Gasteiger partial charge in [0, 0.05) is 18.5 Å². The minimum Gasteiger partial charge on any atom is -0.395 e. The molecule has 21 heavy (non-hydrogen) atoms. The number of hydrogen-bond acceptors (Lipinski definition) is 2. The van der Waals surface area contributed by atoms with E-state index >= 15 is 0 Å². The quantitative estimate of drug-likeness (QED) is 0.858. The Labute approximate surface area is 129 Å². The number of benzene rings is 1. The van der Waals surface area contributed by atoms with Crippen LogP contribution in [0.2, 0.25) is 0 Å². The van der Waals surface area contributed by atoms with E-state index in [0.717, 1.165) is 23.9 Å². The van der Waals surface area contributed by atoms with Crippen molar-refractivity contribution >= 4 is 0 Å². The average Bonchev–Trinajstić information content (AvgIpc) is 2.50. The third-order valence-electron chi connectivity index (χ3n) is 4.40. The van der Waals surface area contributed by atoms with Gasteiger partial charge in [-0.1, -0.05) is 37.8 Å². The molecule has 0 aliphatic carbocycles. The molecule has 2 heteroatoms. The lowest BCUT2D eigenvalue weighted by molar-refractivity contribution is 0.152. The summed E-state index contributed by atoms with van der Waals surface area (Å²) in [6, 6.07) is 8.52. The summed E-state index contributed by atoms with van der Waals surface area (Å²) in [5.41, 5.74) is 2.40. The van der Waals surface area contributed by atoms with E-state index in [2.05, 4.69) is 54.9 Å². The second kappa shape index (κ2) is 8.22. The van der Waals surface area contributed by atoms with Crippen molar-refractivity contribution in [1.82, 2.24) is 4.90 Å². The lowest BCUT2D eigenvalue weighted by atomic mass is 9.86. The maximum absolute atomic E-state index is 8.72. The van der Waals surface area contributed by atoms with E-state index in [1.165, 1.54) is 31.5 Å². The van der Waals surface area contributed by atoms with Crippen LogP contribution in [-0.2, 0) is 6.54 Å². The van der Waals surface area contributed by atoms with E-state index in [-0.39, 0.29) is 6.61 Å². The van der Waals surface area contributed by atoms with Gasteiger partial charge < -0.3 is 5.11 Å². The van der Waals surface area contributed by atoms with Crippen LogP contribution in [0.25, 0.3) is 0 Å². The van der Waals surface area contributed by atoms with Crippen molar-refractivity contribution in [2.45, 2.75) is 39.7 Å². The Morgan fingerprint density at radius 3 is 2.43 bits per heavy atom. The number of likely N-dealkylation sites (tertiary alicyclic amines) is 1. The summed E-state index contributed by atoms with van der Waals surface area (Å²) in [4.78, 5) is 2.56. The van der Waals surface area contributed by atoms with Crippen LogP contribution >= 0.6 is 0 Å². The molecule has 0 amide bonds. The fraction of sp³-hybridized carbons (Fsp3) is 0.579. The zero-order valence-corrected chi connectivity index (χ0v) is 13.3. The Bertz CT molecular complexity index is 473. The highest BCUT2D eigenvalue weighted by Crippen LogP contribution is 2.25. The third kappa shape index (κ3) is 5.19. The first-order valence-corrected chi connectivity index (χ1v) is 8.10. The summed E-state index contributed by atoms with van der Waals surface area (Å²) in [5.74, 6) is 7.76. The van der Waals surface area contributed by atoms with Gasteiger partial charge in [-0.25, -0.2) is 0 Å². The van der Waals surface area contributed by atoms with Crippen LogP contribution in [0.15, 0.2) is 24.3 Å². The highest BCUT2D eigenvalue weighted by Gasteiger charge is 2.21. The van der Waals surface area contributed by atoms with Crippen LogP contribution in [0.1, 0.15) is 44.2 Å². The van der Waals surface area contributed by atoms with Gasteiger partial charge in [0.15, 0.2) is 0 Å². The van der Waals surface area contributed by atoms with Gasteiger partial charge in [0.1, 0.15) is 0 Å². The molecule has 1 saturated heterocycles. The van der Waals surface area contributed by atoms with Gasteiger partial charge in [-0.15, -0.1) is 0 Å². The molecule has 114 valence electrons. The van der Waals surface area contributed by atoms with Gasteiger partial charge in [0.05, 0.1) is 6.61 Å². The zero-order valence-electron chi connectivity index (χ0n) is 13.3. The normalized spacial score (nSPS) is 16.8. The van der Waals surface area contributed by atoms with E-state index in [1.54, 1.807) is 0 Å². The second-order valence-corrected chi connectivity index (χ2v) is 6.33. The average molecular weight is 285 g/mol. The molecule has 0 bridgehead atoms. The van der Waals surface area contributed by atoms with Crippen molar-refractivity contribution in [2.24, 2.45) is 11.8 Å². The Kier molecular flexibility index (Phi) is 6.29. The molecule has 0 atom stereocenters. The Hall–Kier alpha value is -1.30. The molecule has 0 aromatic heterocycles. The first-order chi connectivity index (χ1) is 10.2. The van der Waals surface area contributed by atoms with Gasteiger partial charge in [0.25, 0.3) is 0 Å². The Morgan fingerprint density at radius 1 is 1.19 bits per heavy atom. The van der Waals surface area contributed by atoms with E-state index < -0.39 is 0 Å². The molecule has 1 aliphatic rings. The molecule has 1 aliphatic heterocycles. The second-order valence-electron chi connectivity index (χ2n) is 6.33. The topological polar surface area (TPSA) is 23.5 Å². The molecule has 1 N–H and O–H groups in total. The first kappa shape index (κ1) is 16.1. The number of aliphatic hydroxyl groups excluding tert-OH is 1. The fourth-order valence-electron chi connectivity index (χ4n) is 2.95. The lowest BCUT2D eigenvalue weighted by Gasteiger charge is -2.33. The summed E-state index contributed by atoms with van der Waals surface area (Å²) in [6.07, 6.45) is 3.22. The van der Waals surface area contributed by atoms with Crippen LogP contribution in [0.3, 0.4) is 0 Å². The van der Waals surface area contributed by atoms with Crippen LogP contribution in [0.5, 0.6) is 0 Å². The lowest BCUT2D eigenvalue weighted by Crippen LogP contribution is -2.34. The molecule has 0 unspecified atom stereocenters. The van der Waals surface area contributed by atoms with Crippen LogP contribution in [-0.4, -0.2) is 29.7 Å². The van der Waals surface area contributed by atoms with E-state index in [1.807, 2.05) is 0 Å². The van der Waals surface area contributed by atoms with Gasteiger partial charge in [-0.3, -0.25) is 4.90 Å². The molecule has 1 fully saturated rings. The first-order valence-electron chi connectivity index (χ1n) is 8.10. The summed E-state index contributed by atoms with van der Waals surface area (Å²) in [6.45, 7) is 8.32. The largest absolute Gasteiger partial charge is 0.395 e. The van der Waals surface area contributed by atoms with Crippen molar-refractivity contribution in [3.05, 3.63) is 35.4 Å². The third-order valence-corrected chi connectivity index (χ3v) is 4.40. The van der Waals surface area contributed by atoms with Crippen molar-refractivity contribution in [3.8, 4) is 11.8 Å². The summed E-state index contributed by atoms with van der Waals surface area (Å²) < 4.78 is 0. The molecule has 0 radical (unpaired) electrons. The highest BCUT2D eigenvalue weighted by atomic mass is 16.2. The number of aliphatic hydroxyl groups is 1. The van der Waals surface area contributed by atoms with Crippen molar-refractivity contribution in [2.75, 3.05) is 19.7 Å². The van der Waals surface area contributed by atoms with Crippen LogP contribution in [0, 0.1) is 23.7 Å². The van der Waals surface area contributed by atoms with Crippen molar-refractivity contribution in [3.63, 3.8) is 0 Å². The predicted octanol–water partition coefficient (Wildman–Crippen LogP) is 3.29. The molecule has 0 saturated carbocycles. The van der Waals surface area contributed by atoms with Crippen molar-refractivity contribution in [1.29, 1.82) is 0 Å². The number of hydrogen-bond donors (Lipinski definition) is 1.